The van der Waals surface area contributed by atoms with E-state index in [1.54, 1.807) is 16.7 Å². The predicted molar refractivity (Wildman–Crippen MR) is 177 cm³/mol. The molecule has 0 fully saturated rings. The van der Waals surface area contributed by atoms with E-state index in [9.17, 15) is 9.59 Å². The molecule has 42 heavy (non-hydrogen) atoms. The predicted octanol–water partition coefficient (Wildman–Crippen LogP) is 8.28. The van der Waals surface area contributed by atoms with Crippen LogP contribution in [0.25, 0.3) is 11.0 Å². The van der Waals surface area contributed by atoms with Gasteiger partial charge < -0.3 is 14.2 Å². The number of nitrogens with zero attached hydrogens (tertiary/aromatic N) is 2. The van der Waals surface area contributed by atoms with Gasteiger partial charge in [0.05, 0.1) is 11.1 Å². The van der Waals surface area contributed by atoms with Crippen molar-refractivity contribution in [1.82, 2.24) is 4.90 Å². The molecule has 0 aliphatic rings. The van der Waals surface area contributed by atoms with Crippen molar-refractivity contribution in [1.29, 1.82) is 0 Å². The van der Waals surface area contributed by atoms with Gasteiger partial charge in [0.25, 0.3) is 5.91 Å². The molecule has 4 aromatic rings. The zero-order valence-electron chi connectivity index (χ0n) is 26.3. The number of benzene rings is 3. The summed E-state index contributed by atoms with van der Waals surface area (Å²) in [6.45, 7) is 14.1. The summed E-state index contributed by atoms with van der Waals surface area (Å²) in [6.07, 6.45) is 0.774. The van der Waals surface area contributed by atoms with Gasteiger partial charge in [-0.15, -0.1) is 11.8 Å². The van der Waals surface area contributed by atoms with Crippen LogP contribution in [0.5, 0.6) is 0 Å². The first kappa shape index (κ1) is 31.6. The van der Waals surface area contributed by atoms with E-state index in [2.05, 4.69) is 70.7 Å². The fraction of sp³-hybridized carbons (Fsp3) is 0.389. The molecule has 0 unspecified atom stereocenters. The maximum Gasteiger partial charge on any atom is 0.294 e. The molecule has 3 aromatic carbocycles. The van der Waals surface area contributed by atoms with Crippen LogP contribution in [0.2, 0.25) is 0 Å². The van der Waals surface area contributed by atoms with Gasteiger partial charge in [-0.25, -0.2) is 0 Å². The van der Waals surface area contributed by atoms with E-state index in [0.29, 0.717) is 17.5 Å². The van der Waals surface area contributed by atoms with E-state index < -0.39 is 0 Å². The van der Waals surface area contributed by atoms with Gasteiger partial charge in [0.2, 0.25) is 0 Å². The molecule has 0 spiro atoms. The molecule has 0 aliphatic carbocycles. The normalized spacial score (nSPS) is 12.2. The summed E-state index contributed by atoms with van der Waals surface area (Å²) in [6, 6.07) is 23.7. The number of para-hydroxylation sites is 1. The SMILES string of the molecule is CN(C)CCCN(C(=O)c1cc(=O)c2cc(C(C)(C)C)cc(C(C)(C)C)c2o1)c1ccccc1SCc1ccccc1. The number of thioether (sulfide) groups is 1. The second-order valence-electron chi connectivity index (χ2n) is 13.2. The lowest BCUT2D eigenvalue weighted by Gasteiger charge is -2.27. The highest BCUT2D eigenvalue weighted by Gasteiger charge is 2.28. The third-order valence-corrected chi connectivity index (χ3v) is 8.47. The second kappa shape index (κ2) is 12.9. The average molecular weight is 585 g/mol. The largest absolute Gasteiger partial charge is 0.450 e. The van der Waals surface area contributed by atoms with Gasteiger partial charge in [-0.05, 0) is 67.2 Å². The molecule has 0 aliphatic heterocycles. The second-order valence-corrected chi connectivity index (χ2v) is 14.2. The number of hydrogen-bond acceptors (Lipinski definition) is 5. The smallest absolute Gasteiger partial charge is 0.294 e. The Labute approximate surface area is 254 Å². The van der Waals surface area contributed by atoms with E-state index >= 15 is 0 Å². The first-order valence-electron chi connectivity index (χ1n) is 14.6. The fourth-order valence-electron chi connectivity index (χ4n) is 4.90. The lowest BCUT2D eigenvalue weighted by molar-refractivity contribution is 0.0959. The summed E-state index contributed by atoms with van der Waals surface area (Å²) in [7, 11) is 4.05. The van der Waals surface area contributed by atoms with Crippen molar-refractivity contribution >= 4 is 34.3 Å². The molecule has 1 amide bonds. The highest BCUT2D eigenvalue weighted by Crippen LogP contribution is 2.36. The standard InChI is InChI=1S/C36H44N2O3S/c1-35(2,3)26-21-27-30(39)23-31(41-33(27)28(22-26)36(4,5)6)34(40)38(20-14-19-37(7)8)29-17-12-13-18-32(29)42-24-25-15-10-9-11-16-25/h9-13,15-18,21-23H,14,19-20,24H2,1-8H3. The van der Waals surface area contributed by atoms with Crippen LogP contribution in [0.1, 0.15) is 75.2 Å². The number of carbonyl (C=O) groups is 1. The molecule has 5 nitrogen and oxygen atoms in total. The van der Waals surface area contributed by atoms with Crippen LogP contribution in [0, 0.1) is 0 Å². The van der Waals surface area contributed by atoms with Crippen molar-refractivity contribution in [2.24, 2.45) is 0 Å². The number of carbonyl (C=O) groups excluding carboxylic acids is 1. The van der Waals surface area contributed by atoms with E-state index in [0.717, 1.165) is 40.4 Å². The fourth-order valence-corrected chi connectivity index (χ4v) is 5.92. The van der Waals surface area contributed by atoms with Crippen LogP contribution in [0.3, 0.4) is 0 Å². The number of anilines is 1. The zero-order valence-corrected chi connectivity index (χ0v) is 27.1. The van der Waals surface area contributed by atoms with Crippen molar-refractivity contribution in [3.8, 4) is 0 Å². The lowest BCUT2D eigenvalue weighted by Crippen LogP contribution is -2.34. The van der Waals surface area contributed by atoms with Crippen LogP contribution >= 0.6 is 11.8 Å². The Hall–Kier alpha value is -3.35. The van der Waals surface area contributed by atoms with Gasteiger partial charge in [-0.1, -0.05) is 90.1 Å². The van der Waals surface area contributed by atoms with Gasteiger partial charge >= 0.3 is 0 Å². The van der Waals surface area contributed by atoms with Crippen molar-refractivity contribution < 1.29 is 9.21 Å². The minimum absolute atomic E-state index is 0.0641. The van der Waals surface area contributed by atoms with Crippen molar-refractivity contribution in [2.45, 2.75) is 69.4 Å². The summed E-state index contributed by atoms with van der Waals surface area (Å²) >= 11 is 1.70. The van der Waals surface area contributed by atoms with E-state index in [-0.39, 0.29) is 27.9 Å². The maximum atomic E-state index is 14.3. The minimum atomic E-state index is -0.305. The Morgan fingerprint density at radius 1 is 0.833 bits per heavy atom. The van der Waals surface area contributed by atoms with Crippen LogP contribution < -0.4 is 10.3 Å². The average Bonchev–Trinajstić information content (AvgIpc) is 2.93. The minimum Gasteiger partial charge on any atom is -0.450 e. The molecule has 0 radical (unpaired) electrons. The third kappa shape index (κ3) is 7.53. The van der Waals surface area contributed by atoms with E-state index in [1.165, 1.54) is 11.6 Å². The number of hydrogen-bond donors (Lipinski definition) is 0. The van der Waals surface area contributed by atoms with Crippen LogP contribution in [-0.4, -0.2) is 38.0 Å². The third-order valence-electron chi connectivity index (χ3n) is 7.34. The van der Waals surface area contributed by atoms with Gasteiger partial charge in [-0.3, -0.25) is 9.59 Å². The molecule has 222 valence electrons. The quantitative estimate of drug-likeness (QED) is 0.185. The van der Waals surface area contributed by atoms with E-state index in [4.69, 9.17) is 4.42 Å². The van der Waals surface area contributed by atoms with Gasteiger partial charge in [0.15, 0.2) is 11.2 Å². The first-order chi connectivity index (χ1) is 19.8. The Bertz CT molecular complexity index is 1590. The van der Waals surface area contributed by atoms with Crippen LogP contribution in [0.15, 0.2) is 86.9 Å². The van der Waals surface area contributed by atoms with Gasteiger partial charge in [-0.2, -0.15) is 0 Å². The highest BCUT2D eigenvalue weighted by molar-refractivity contribution is 7.98. The summed E-state index contributed by atoms with van der Waals surface area (Å²) in [5.41, 5.74) is 3.90. The summed E-state index contributed by atoms with van der Waals surface area (Å²) in [5.74, 6) is 0.544. The Morgan fingerprint density at radius 2 is 1.50 bits per heavy atom. The number of rotatable bonds is 9. The van der Waals surface area contributed by atoms with Crippen molar-refractivity contribution in [3.63, 3.8) is 0 Å². The lowest BCUT2D eigenvalue weighted by atomic mass is 9.79. The molecular formula is C36H44N2O3S. The Kier molecular flexibility index (Phi) is 9.69. The summed E-state index contributed by atoms with van der Waals surface area (Å²) in [4.78, 5) is 32.8. The molecule has 0 N–H and O–H groups in total. The molecule has 0 saturated carbocycles. The Morgan fingerprint density at radius 3 is 2.14 bits per heavy atom. The van der Waals surface area contributed by atoms with Crippen molar-refractivity contribution in [3.05, 3.63) is 105 Å². The number of fused-ring (bicyclic) bond motifs is 1. The van der Waals surface area contributed by atoms with Crippen LogP contribution in [0.4, 0.5) is 5.69 Å². The van der Waals surface area contributed by atoms with E-state index in [1.807, 2.05) is 56.6 Å². The zero-order chi connectivity index (χ0) is 30.7. The maximum absolute atomic E-state index is 14.3. The molecular weight excluding hydrogens is 540 g/mol. The summed E-state index contributed by atoms with van der Waals surface area (Å²) < 4.78 is 6.42. The molecule has 0 saturated heterocycles. The van der Waals surface area contributed by atoms with Crippen LogP contribution in [-0.2, 0) is 16.6 Å². The van der Waals surface area contributed by atoms with Gasteiger partial charge in [0, 0.05) is 28.8 Å². The van der Waals surface area contributed by atoms with Gasteiger partial charge in [0.1, 0.15) is 5.58 Å². The van der Waals surface area contributed by atoms with Crippen molar-refractivity contribution in [2.75, 3.05) is 32.1 Å². The summed E-state index contributed by atoms with van der Waals surface area (Å²) in [5, 5.41) is 0.516. The molecule has 0 atom stereocenters. The molecule has 1 heterocycles. The Balaban J connectivity index is 1.80. The number of amides is 1. The topological polar surface area (TPSA) is 53.8 Å². The molecule has 1 aromatic heterocycles. The molecule has 6 heteroatoms. The monoisotopic (exact) mass is 584 g/mol. The molecule has 0 bridgehead atoms. The first-order valence-corrected chi connectivity index (χ1v) is 15.6. The molecule has 4 rings (SSSR count). The highest BCUT2D eigenvalue weighted by atomic mass is 32.2.